The molecule has 150 valence electrons. The number of anilines is 1. The number of fused-ring (bicyclic) bond motifs is 1. The van der Waals surface area contributed by atoms with Crippen LogP contribution in [-0.4, -0.2) is 26.8 Å². The molecule has 3 aromatic rings. The van der Waals surface area contributed by atoms with Gasteiger partial charge in [0.2, 0.25) is 0 Å². The van der Waals surface area contributed by atoms with Crippen LogP contribution in [0, 0.1) is 0 Å². The largest absolute Gasteiger partial charge is 0.316 e. The van der Waals surface area contributed by atoms with Gasteiger partial charge in [0.15, 0.2) is 0 Å². The smallest absolute Gasteiger partial charge is 0.295 e. The van der Waals surface area contributed by atoms with E-state index < -0.39 is 0 Å². The number of nitrogens with zero attached hydrogens (tertiary/aromatic N) is 3. The van der Waals surface area contributed by atoms with Crippen molar-refractivity contribution in [1.82, 2.24) is 19.7 Å². The minimum absolute atomic E-state index is 0.0565. The first kappa shape index (κ1) is 19.1. The Morgan fingerprint density at radius 3 is 2.69 bits per heavy atom. The first-order chi connectivity index (χ1) is 14.0. The number of carbonyl (C=O) groups excluding carboxylic acids is 1. The molecule has 7 heteroatoms. The maximum absolute atomic E-state index is 13.3. The Morgan fingerprint density at radius 2 is 1.97 bits per heavy atom. The van der Waals surface area contributed by atoms with Gasteiger partial charge in [-0.2, -0.15) is 0 Å². The van der Waals surface area contributed by atoms with Gasteiger partial charge in [0.1, 0.15) is 5.69 Å². The molecule has 0 atom stereocenters. The Kier molecular flexibility index (Phi) is 5.07. The van der Waals surface area contributed by atoms with Crippen LogP contribution in [0.4, 0.5) is 5.69 Å². The average Bonchev–Trinajstić information content (AvgIpc) is 2.97. The van der Waals surface area contributed by atoms with Crippen LogP contribution in [0.15, 0.2) is 47.4 Å². The fourth-order valence-corrected chi connectivity index (χ4v) is 4.02. The van der Waals surface area contributed by atoms with E-state index in [0.717, 1.165) is 35.6 Å². The van der Waals surface area contributed by atoms with Crippen LogP contribution in [0.3, 0.4) is 0 Å². The van der Waals surface area contributed by atoms with Crippen molar-refractivity contribution >= 4 is 11.6 Å². The summed E-state index contributed by atoms with van der Waals surface area (Å²) in [5, 5.41) is 6.19. The van der Waals surface area contributed by atoms with Crippen LogP contribution in [0.1, 0.15) is 47.1 Å². The Bertz CT molecular complexity index is 1110. The minimum Gasteiger partial charge on any atom is -0.316 e. The average molecular weight is 391 g/mol. The lowest BCUT2D eigenvalue weighted by molar-refractivity contribution is 0.102. The van der Waals surface area contributed by atoms with Crippen molar-refractivity contribution in [2.24, 2.45) is 7.05 Å². The number of carbonyl (C=O) groups is 1. The van der Waals surface area contributed by atoms with Gasteiger partial charge in [-0.1, -0.05) is 32.0 Å². The molecule has 4 rings (SSSR count). The lowest BCUT2D eigenvalue weighted by Gasteiger charge is -2.19. The summed E-state index contributed by atoms with van der Waals surface area (Å²) in [6.45, 7) is 5.48. The molecule has 3 heterocycles. The lowest BCUT2D eigenvalue weighted by Crippen LogP contribution is -2.29. The molecule has 0 fully saturated rings. The molecule has 2 aromatic heterocycles. The Balaban J connectivity index is 1.78. The molecule has 1 aromatic carbocycles. The maximum atomic E-state index is 13.3. The number of nitrogens with one attached hydrogen (secondary N) is 2. The molecule has 0 radical (unpaired) electrons. The van der Waals surface area contributed by atoms with Crippen molar-refractivity contribution in [2.45, 2.75) is 32.7 Å². The summed E-state index contributed by atoms with van der Waals surface area (Å²) in [6, 6.07) is 11.2. The highest BCUT2D eigenvalue weighted by Crippen LogP contribution is 2.24. The molecule has 0 saturated carbocycles. The summed E-state index contributed by atoms with van der Waals surface area (Å²) >= 11 is 0. The zero-order chi connectivity index (χ0) is 20.5. The summed E-state index contributed by atoms with van der Waals surface area (Å²) in [5.74, 6) is -0.224. The Morgan fingerprint density at radius 1 is 1.21 bits per heavy atom. The standard InChI is InChI=1S/C22H25N5O2/c1-14(2)20-19(22(29)27(26(20)3)15-7-5-4-6-8-15)25-21(28)16-9-12-24-18-10-11-23-13-17(16)18/h4-9,12,14,23H,10-11,13H2,1-3H3,(H,25,28). The van der Waals surface area contributed by atoms with E-state index in [1.54, 1.807) is 16.9 Å². The number of rotatable bonds is 4. The molecule has 1 aliphatic heterocycles. The monoisotopic (exact) mass is 391 g/mol. The summed E-state index contributed by atoms with van der Waals surface area (Å²) in [5.41, 5.74) is 4.03. The van der Waals surface area contributed by atoms with Gasteiger partial charge in [0.05, 0.1) is 11.4 Å². The summed E-state index contributed by atoms with van der Waals surface area (Å²) < 4.78 is 3.41. The fourth-order valence-electron chi connectivity index (χ4n) is 4.02. The van der Waals surface area contributed by atoms with Crippen LogP contribution in [0.5, 0.6) is 0 Å². The number of hydrogen-bond donors (Lipinski definition) is 2. The highest BCUT2D eigenvalue weighted by atomic mass is 16.2. The minimum atomic E-state index is -0.280. The van der Waals surface area contributed by atoms with Gasteiger partial charge >= 0.3 is 0 Å². The van der Waals surface area contributed by atoms with Crippen molar-refractivity contribution < 1.29 is 4.79 Å². The third-order valence-corrected chi connectivity index (χ3v) is 5.33. The Hall–Kier alpha value is -3.19. The number of para-hydroxylation sites is 1. The van der Waals surface area contributed by atoms with Gasteiger partial charge in [-0.3, -0.25) is 19.3 Å². The molecule has 0 spiro atoms. The first-order valence-electron chi connectivity index (χ1n) is 9.85. The molecule has 1 aliphatic rings. The van der Waals surface area contributed by atoms with E-state index in [9.17, 15) is 9.59 Å². The number of benzene rings is 1. The zero-order valence-electron chi connectivity index (χ0n) is 16.9. The zero-order valence-corrected chi connectivity index (χ0v) is 16.9. The van der Waals surface area contributed by atoms with E-state index >= 15 is 0 Å². The quantitative estimate of drug-likeness (QED) is 0.716. The highest BCUT2D eigenvalue weighted by Gasteiger charge is 2.25. The van der Waals surface area contributed by atoms with Crippen LogP contribution < -0.4 is 16.2 Å². The van der Waals surface area contributed by atoms with Gasteiger partial charge in [0.25, 0.3) is 11.5 Å². The lowest BCUT2D eigenvalue weighted by atomic mass is 10.0. The normalized spacial score (nSPS) is 13.4. The topological polar surface area (TPSA) is 81.0 Å². The van der Waals surface area contributed by atoms with Crippen LogP contribution in [0.2, 0.25) is 0 Å². The molecule has 0 saturated heterocycles. The van der Waals surface area contributed by atoms with E-state index in [0.29, 0.717) is 17.8 Å². The second kappa shape index (κ2) is 7.67. The number of hydrogen-bond acceptors (Lipinski definition) is 4. The molecular weight excluding hydrogens is 366 g/mol. The number of aromatic nitrogens is 3. The highest BCUT2D eigenvalue weighted by molar-refractivity contribution is 6.05. The van der Waals surface area contributed by atoms with Gasteiger partial charge in [0, 0.05) is 49.6 Å². The molecule has 0 aliphatic carbocycles. The van der Waals surface area contributed by atoms with E-state index in [4.69, 9.17) is 0 Å². The fraction of sp³-hybridized carbons (Fsp3) is 0.318. The van der Waals surface area contributed by atoms with Gasteiger partial charge in [-0.15, -0.1) is 0 Å². The van der Waals surface area contributed by atoms with Crippen molar-refractivity contribution in [3.05, 3.63) is 75.5 Å². The van der Waals surface area contributed by atoms with Gasteiger partial charge < -0.3 is 10.6 Å². The van der Waals surface area contributed by atoms with Crippen LogP contribution in [-0.2, 0) is 20.0 Å². The third-order valence-electron chi connectivity index (χ3n) is 5.33. The van der Waals surface area contributed by atoms with E-state index in [1.807, 2.05) is 55.9 Å². The van der Waals surface area contributed by atoms with Gasteiger partial charge in [-0.05, 0) is 24.1 Å². The van der Waals surface area contributed by atoms with E-state index in [2.05, 4.69) is 15.6 Å². The summed E-state index contributed by atoms with van der Waals surface area (Å²) in [6.07, 6.45) is 2.45. The van der Waals surface area contributed by atoms with E-state index in [-0.39, 0.29) is 17.4 Å². The third kappa shape index (κ3) is 3.38. The van der Waals surface area contributed by atoms with E-state index in [1.165, 1.54) is 0 Å². The van der Waals surface area contributed by atoms with Crippen molar-refractivity contribution in [3.8, 4) is 5.69 Å². The van der Waals surface area contributed by atoms with Gasteiger partial charge in [-0.25, -0.2) is 4.68 Å². The van der Waals surface area contributed by atoms with Crippen molar-refractivity contribution in [1.29, 1.82) is 0 Å². The predicted octanol–water partition coefficient (Wildman–Crippen LogP) is 2.59. The maximum Gasteiger partial charge on any atom is 0.295 e. The summed E-state index contributed by atoms with van der Waals surface area (Å²) in [4.78, 5) is 30.8. The van der Waals surface area contributed by atoms with Crippen molar-refractivity contribution in [3.63, 3.8) is 0 Å². The second-order valence-electron chi connectivity index (χ2n) is 7.56. The Labute approximate surface area is 169 Å². The first-order valence-corrected chi connectivity index (χ1v) is 9.85. The molecule has 0 bridgehead atoms. The predicted molar refractivity (Wildman–Crippen MR) is 113 cm³/mol. The number of amides is 1. The second-order valence-corrected chi connectivity index (χ2v) is 7.56. The van der Waals surface area contributed by atoms with Crippen LogP contribution in [0.25, 0.3) is 5.69 Å². The molecule has 7 nitrogen and oxygen atoms in total. The molecule has 29 heavy (non-hydrogen) atoms. The number of pyridine rings is 1. The summed E-state index contributed by atoms with van der Waals surface area (Å²) in [7, 11) is 1.84. The SMILES string of the molecule is CC(C)c1c(NC(=O)c2ccnc3c2CNCC3)c(=O)n(-c2ccccc2)n1C. The van der Waals surface area contributed by atoms with Crippen molar-refractivity contribution in [2.75, 3.05) is 11.9 Å². The van der Waals surface area contributed by atoms with Crippen LogP contribution >= 0.6 is 0 Å². The molecule has 0 unspecified atom stereocenters. The molecular formula is C22H25N5O2. The molecule has 1 amide bonds. The molecule has 2 N–H and O–H groups in total.